The number of aliphatic hydroxyl groups is 3. The predicted molar refractivity (Wildman–Crippen MR) is 403 cm³/mol. The summed E-state index contributed by atoms with van der Waals surface area (Å²) >= 11 is 0. The van der Waals surface area contributed by atoms with Gasteiger partial charge in [0.15, 0.2) is 0 Å². The molecule has 0 saturated carbocycles. The van der Waals surface area contributed by atoms with Gasteiger partial charge in [-0.3, -0.25) is 38.4 Å². The maximum atomic E-state index is 12.2. The Morgan fingerprint density at radius 1 is 0.505 bits per heavy atom. The van der Waals surface area contributed by atoms with E-state index in [0.29, 0.717) is 50.5 Å². The average Bonchev–Trinajstić information content (AvgIpc) is 1.73. The van der Waals surface area contributed by atoms with Crippen molar-refractivity contribution in [3.8, 4) is 0 Å². The Labute approximate surface area is 627 Å². The molecule has 584 valence electrons. The third-order valence-corrected chi connectivity index (χ3v) is 15.4. The van der Waals surface area contributed by atoms with E-state index in [2.05, 4.69) is 56.6 Å². The second-order valence-electron chi connectivity index (χ2n) is 23.6. The van der Waals surface area contributed by atoms with E-state index in [1.165, 1.54) is 26.7 Å². The fraction of sp³-hybridized carbons (Fsp3) is 0.776. The van der Waals surface area contributed by atoms with Crippen molar-refractivity contribution in [3.63, 3.8) is 0 Å². The minimum Gasteiger partial charge on any atom is -0.870 e. The monoisotopic (exact) mass is 1430 g/mol. The van der Waals surface area contributed by atoms with Crippen LogP contribution in [0.5, 0.6) is 0 Å². The summed E-state index contributed by atoms with van der Waals surface area (Å²) in [5, 5.41) is 26.3. The number of nitrogens with zero attached hydrogens (tertiary/aromatic N) is 5. The van der Waals surface area contributed by atoms with Crippen LogP contribution in [0.2, 0.25) is 0 Å². The van der Waals surface area contributed by atoms with Crippen molar-refractivity contribution >= 4 is 53.4 Å². The molecule has 5 fully saturated rings. The van der Waals surface area contributed by atoms with E-state index in [9.17, 15) is 48.3 Å². The van der Waals surface area contributed by atoms with Gasteiger partial charge in [0.25, 0.3) is 0 Å². The number of likely N-dealkylation sites (tertiary alicyclic amines) is 5. The Bertz CT molecular complexity index is 2080. The van der Waals surface area contributed by atoms with Gasteiger partial charge in [0.1, 0.15) is 19.3 Å². The van der Waals surface area contributed by atoms with Gasteiger partial charge in [-0.15, -0.1) is 0 Å². The van der Waals surface area contributed by atoms with E-state index < -0.39 is 11.4 Å². The third kappa shape index (κ3) is 58.3. The summed E-state index contributed by atoms with van der Waals surface area (Å²) in [6, 6.07) is 0.507. The predicted octanol–water partition coefficient (Wildman–Crippen LogP) is 12.3. The van der Waals surface area contributed by atoms with E-state index in [1.807, 2.05) is 35.5 Å². The van der Waals surface area contributed by atoms with Gasteiger partial charge >= 0.3 is 53.4 Å². The molecule has 5 aliphatic heterocycles. The first-order chi connectivity index (χ1) is 42.2. The number of hydrogen-bond acceptors (Lipinski definition) is 17. The van der Waals surface area contributed by atoms with Crippen molar-refractivity contribution in [1.29, 1.82) is 0 Å². The molecule has 5 aliphatic rings. The van der Waals surface area contributed by atoms with E-state index in [1.54, 1.807) is 36.0 Å². The molecule has 5 heterocycles. The van der Waals surface area contributed by atoms with E-state index in [0.717, 1.165) is 148 Å². The molecule has 5 atom stereocenters. The van der Waals surface area contributed by atoms with Crippen LogP contribution >= 0.6 is 0 Å². The van der Waals surface area contributed by atoms with Crippen molar-refractivity contribution in [1.82, 2.24) is 24.5 Å². The molecule has 0 aliphatic carbocycles. The van der Waals surface area contributed by atoms with Crippen LogP contribution in [0.25, 0.3) is 0 Å². The molecule has 0 aromatic carbocycles. The van der Waals surface area contributed by atoms with Crippen molar-refractivity contribution in [2.45, 2.75) is 326 Å². The first kappa shape index (κ1) is 121. The summed E-state index contributed by atoms with van der Waals surface area (Å²) in [5.41, 5.74) is -0.300. The van der Waals surface area contributed by atoms with Crippen LogP contribution in [-0.4, -0.2) is 188 Å². The molecule has 5 saturated heterocycles. The van der Waals surface area contributed by atoms with E-state index >= 15 is 0 Å². The Kier molecular flexibility index (Phi) is 90.7. The summed E-state index contributed by atoms with van der Waals surface area (Å²) in [5.74, 6) is -0.140. The van der Waals surface area contributed by atoms with Crippen molar-refractivity contribution in [3.05, 3.63) is 50.6 Å². The fourth-order valence-electron chi connectivity index (χ4n) is 10.6. The molecule has 0 spiro atoms. The minimum atomic E-state index is -0.650. The smallest absolute Gasteiger partial charge is 0.870 e. The second-order valence-corrected chi connectivity index (χ2v) is 23.6. The molecule has 4 N–H and O–H groups in total. The molecular formula is C76H152N5NaO17. The second kappa shape index (κ2) is 74.2. The van der Waals surface area contributed by atoms with Gasteiger partial charge < -0.3 is 64.2 Å². The number of hydrogen-bond donors (Lipinski definition) is 3. The van der Waals surface area contributed by atoms with Crippen LogP contribution < -0.4 is 29.6 Å². The standard InChI is InChI=1S/C16H29NO4.C14H25NO3.C12H23NO2.2C8H13NO.C6H10O3.C4H6O2.8CH4.Na.H2O/c1-4-13(17-9-7-5-6-8-14(17)19)12-16(2,3)15(20)21-11-10-18;1-4-13(10-11(2)18-12(3)16)15-9-7-5-6-8-14(15)17;1-3-11(9-10(2)14)13-8-6-4-5-7-12(13)15;2*1-2-9-7-5-3-4-6-8(9)10;1-5(2)6(8)9-4-3-7;1-3-6-4(2)5;;;;;;;;;;/h13,18H,4-12H2,1-3H3;11,13H,4-10H2,1-3H3;10-11,14H,3-9H2,1-2H3;2*2H,1,3-7H2;7H,1,3-4H2,2H3;3H,1H2,2H3;8*1H4;;1H2/q;;;;;;;;;;;;;;;+1;/p-1. The summed E-state index contributed by atoms with van der Waals surface area (Å²) in [7, 11) is 0. The van der Waals surface area contributed by atoms with Crippen LogP contribution in [0.3, 0.4) is 0 Å². The topological polar surface area (TPSA) is 297 Å². The number of aliphatic hydroxyl groups excluding tert-OH is 3. The molecule has 23 heteroatoms. The summed E-state index contributed by atoms with van der Waals surface area (Å²) in [6.07, 6.45) is 28.4. The molecule has 5 unspecified atom stereocenters. The molecule has 0 radical (unpaired) electrons. The number of carbonyl (C=O) groups is 9. The quantitative estimate of drug-likeness (QED) is 0.0298. The molecule has 0 aromatic heterocycles. The first-order valence-corrected chi connectivity index (χ1v) is 32.8. The van der Waals surface area contributed by atoms with Gasteiger partial charge in [-0.05, 0) is 143 Å². The Hall–Kier alpha value is -4.97. The molecule has 5 rings (SSSR count). The van der Waals surface area contributed by atoms with Crippen LogP contribution in [0.15, 0.2) is 50.6 Å². The van der Waals surface area contributed by atoms with Gasteiger partial charge in [0.2, 0.25) is 29.5 Å². The molecular weight excluding hydrogens is 1280 g/mol. The molecule has 5 amide bonds. The SMILES string of the molecule is C.C.C.C.C.C.C.C.C=C(C)C(=O)OCCO.C=CN1CCCCCC1=O.C=CN1CCCCCC1=O.C=COC(C)=O.CCC(CC(C)(C)C(=O)OCCO)N1CCCCCC1=O.CCC(CC(C)O)N1CCCCCC1=O.CCC(CC(C)OC(C)=O)N1CCCCCC1=O.[Na+].[OH-]. The maximum absolute atomic E-state index is 12.2. The number of carbonyl (C=O) groups excluding carboxylic acids is 9. The van der Waals surface area contributed by atoms with Gasteiger partial charge in [-0.25, -0.2) is 4.79 Å². The van der Waals surface area contributed by atoms with Gasteiger partial charge in [0, 0.05) is 109 Å². The van der Waals surface area contributed by atoms with Gasteiger partial charge in [0.05, 0.1) is 31.0 Å². The normalized spacial score (nSPS) is 16.3. The van der Waals surface area contributed by atoms with E-state index in [4.69, 9.17) is 19.7 Å². The molecule has 0 bridgehead atoms. The number of ether oxygens (including phenoxy) is 4. The largest absolute Gasteiger partial charge is 1.00 e. The Morgan fingerprint density at radius 3 is 1.11 bits per heavy atom. The molecule has 99 heavy (non-hydrogen) atoms. The Balaban J connectivity index is -0.0000000903. The summed E-state index contributed by atoms with van der Waals surface area (Å²) < 4.78 is 18.8. The maximum Gasteiger partial charge on any atom is 1.00 e. The molecule has 0 aromatic rings. The number of esters is 4. The third-order valence-electron chi connectivity index (χ3n) is 15.4. The zero-order valence-corrected chi connectivity index (χ0v) is 60.0. The first-order valence-electron chi connectivity index (χ1n) is 32.8. The van der Waals surface area contributed by atoms with Gasteiger partial charge in [-0.1, -0.05) is 139 Å². The number of amides is 5. The van der Waals surface area contributed by atoms with E-state index in [-0.39, 0.29) is 199 Å². The fourth-order valence-corrected chi connectivity index (χ4v) is 10.6. The van der Waals surface area contributed by atoms with Crippen LogP contribution in [0, 0.1) is 5.41 Å². The van der Waals surface area contributed by atoms with Gasteiger partial charge in [-0.2, -0.15) is 0 Å². The molecule has 22 nitrogen and oxygen atoms in total. The average molecular weight is 1430 g/mol. The zero-order chi connectivity index (χ0) is 67.7. The van der Waals surface area contributed by atoms with Crippen LogP contribution in [-0.2, 0) is 62.1 Å². The Morgan fingerprint density at radius 2 is 0.828 bits per heavy atom. The van der Waals surface area contributed by atoms with Crippen LogP contribution in [0.1, 0.15) is 296 Å². The van der Waals surface area contributed by atoms with Crippen molar-refractivity contribution < 1.29 is 112 Å². The van der Waals surface area contributed by atoms with Crippen LogP contribution in [0.4, 0.5) is 0 Å². The zero-order valence-electron chi connectivity index (χ0n) is 58.0. The number of rotatable bonds is 22. The van der Waals surface area contributed by atoms with Crippen molar-refractivity contribution in [2.75, 3.05) is 59.2 Å². The summed E-state index contributed by atoms with van der Waals surface area (Å²) in [4.78, 5) is 111. The summed E-state index contributed by atoms with van der Waals surface area (Å²) in [6.45, 7) is 35.6. The van der Waals surface area contributed by atoms with Crippen molar-refractivity contribution in [2.24, 2.45) is 5.41 Å². The minimum absolute atomic E-state index is 0.